The average Bonchev–Trinajstić information content (AvgIpc) is 2.84. The second-order valence-electron chi connectivity index (χ2n) is 5.79. The minimum atomic E-state index is 0.301. The predicted octanol–water partition coefficient (Wildman–Crippen LogP) is 2.73. The lowest BCUT2D eigenvalue weighted by Gasteiger charge is -2.31. The second kappa shape index (κ2) is 6.55. The van der Waals surface area contributed by atoms with Crippen LogP contribution in [0.15, 0.2) is 12.2 Å². The van der Waals surface area contributed by atoms with E-state index in [4.69, 9.17) is 5.11 Å². The number of nitrogens with one attached hydrogen (secondary N) is 1. The molecule has 0 aliphatic heterocycles. The highest BCUT2D eigenvalue weighted by molar-refractivity contribution is 5.05. The fourth-order valence-electron chi connectivity index (χ4n) is 3.45. The van der Waals surface area contributed by atoms with Crippen LogP contribution in [0, 0.1) is 17.8 Å². The smallest absolute Gasteiger partial charge is 0.0494 e. The van der Waals surface area contributed by atoms with Gasteiger partial charge in [-0.1, -0.05) is 44.8 Å². The van der Waals surface area contributed by atoms with E-state index in [1.807, 2.05) is 0 Å². The number of aliphatic hydroxyl groups is 1. The summed E-state index contributed by atoms with van der Waals surface area (Å²) in [4.78, 5) is 0. The van der Waals surface area contributed by atoms with E-state index in [0.717, 1.165) is 18.3 Å². The van der Waals surface area contributed by atoms with Crippen molar-refractivity contribution in [2.24, 2.45) is 17.8 Å². The van der Waals surface area contributed by atoms with Crippen LogP contribution < -0.4 is 5.32 Å². The zero-order chi connectivity index (χ0) is 12.1. The number of aliphatic hydroxyl groups excluding tert-OH is 1. The van der Waals surface area contributed by atoms with Crippen molar-refractivity contribution in [3.63, 3.8) is 0 Å². The Kier molecular flexibility index (Phi) is 5.05. The molecular weight excluding hydrogens is 210 g/mol. The van der Waals surface area contributed by atoms with Gasteiger partial charge in [-0.25, -0.2) is 0 Å². The molecule has 2 unspecified atom stereocenters. The summed E-state index contributed by atoms with van der Waals surface area (Å²) in [5.41, 5.74) is 0. The van der Waals surface area contributed by atoms with Gasteiger partial charge in [0.15, 0.2) is 0 Å². The van der Waals surface area contributed by atoms with Crippen LogP contribution in [-0.2, 0) is 0 Å². The van der Waals surface area contributed by atoms with E-state index in [1.54, 1.807) is 0 Å². The fourth-order valence-corrected chi connectivity index (χ4v) is 3.45. The summed E-state index contributed by atoms with van der Waals surface area (Å²) in [6, 6.07) is 0.506. The van der Waals surface area contributed by atoms with E-state index in [9.17, 15) is 0 Å². The first-order chi connectivity index (χ1) is 8.33. The van der Waals surface area contributed by atoms with E-state index >= 15 is 0 Å². The predicted molar refractivity (Wildman–Crippen MR) is 71.9 cm³/mol. The summed E-state index contributed by atoms with van der Waals surface area (Å²) in [5, 5.41) is 12.8. The third-order valence-corrected chi connectivity index (χ3v) is 4.64. The third-order valence-electron chi connectivity index (χ3n) is 4.64. The molecule has 1 fully saturated rings. The summed E-state index contributed by atoms with van der Waals surface area (Å²) in [6.45, 7) is 3.81. The first kappa shape index (κ1) is 13.1. The molecule has 17 heavy (non-hydrogen) atoms. The zero-order valence-corrected chi connectivity index (χ0v) is 11.1. The van der Waals surface area contributed by atoms with Crippen LogP contribution in [0.5, 0.6) is 0 Å². The summed E-state index contributed by atoms with van der Waals surface area (Å²) < 4.78 is 0. The highest BCUT2D eigenvalue weighted by atomic mass is 16.3. The third kappa shape index (κ3) is 3.56. The molecule has 0 aromatic rings. The van der Waals surface area contributed by atoms with Crippen molar-refractivity contribution in [1.82, 2.24) is 5.32 Å². The van der Waals surface area contributed by atoms with Crippen molar-refractivity contribution in [1.29, 1.82) is 0 Å². The normalized spacial score (nSPS) is 37.5. The average molecular weight is 237 g/mol. The highest BCUT2D eigenvalue weighted by Crippen LogP contribution is 2.32. The molecule has 0 aromatic carbocycles. The quantitative estimate of drug-likeness (QED) is 0.721. The van der Waals surface area contributed by atoms with Gasteiger partial charge in [0.05, 0.1) is 0 Å². The van der Waals surface area contributed by atoms with Crippen LogP contribution >= 0.6 is 0 Å². The maximum absolute atomic E-state index is 9.10. The van der Waals surface area contributed by atoms with Crippen molar-refractivity contribution in [3.8, 4) is 0 Å². The fraction of sp³-hybridized carbons (Fsp3) is 0.867. The molecule has 2 rings (SSSR count). The monoisotopic (exact) mass is 237 g/mol. The molecule has 0 saturated heterocycles. The molecule has 2 heteroatoms. The Morgan fingerprint density at radius 1 is 1.18 bits per heavy atom. The Bertz CT molecular complexity index is 251. The van der Waals surface area contributed by atoms with Crippen molar-refractivity contribution in [2.45, 2.75) is 51.5 Å². The van der Waals surface area contributed by atoms with E-state index in [1.165, 1.54) is 38.6 Å². The summed E-state index contributed by atoms with van der Waals surface area (Å²) >= 11 is 0. The molecule has 4 atom stereocenters. The van der Waals surface area contributed by atoms with Crippen molar-refractivity contribution < 1.29 is 5.11 Å². The van der Waals surface area contributed by atoms with Gasteiger partial charge >= 0.3 is 0 Å². The lowest BCUT2D eigenvalue weighted by atomic mass is 9.78. The van der Waals surface area contributed by atoms with E-state index in [2.05, 4.69) is 24.4 Å². The van der Waals surface area contributed by atoms with Gasteiger partial charge in [-0.3, -0.25) is 0 Å². The molecule has 0 aromatic heterocycles. The van der Waals surface area contributed by atoms with Crippen LogP contribution in [0.3, 0.4) is 0 Å². The van der Waals surface area contributed by atoms with E-state index in [-0.39, 0.29) is 0 Å². The lowest BCUT2D eigenvalue weighted by molar-refractivity contribution is 0.215. The van der Waals surface area contributed by atoms with Crippen LogP contribution in [0.25, 0.3) is 0 Å². The molecule has 2 N–H and O–H groups in total. The minimum absolute atomic E-state index is 0.301. The molecular formula is C15H27NO. The standard InChI is InChI=1S/C15H27NO/c1-2-13-5-3-4-6-14(13)10-16-15-8-7-12(9-15)11-17/h7-8,12-17H,2-6,9-11H2,1H3/t12-,13?,14?,15+/m0/s1. The maximum Gasteiger partial charge on any atom is 0.0494 e. The van der Waals surface area contributed by atoms with Gasteiger partial charge in [-0.05, 0) is 31.2 Å². The Labute approximate surface area is 105 Å². The Balaban J connectivity index is 1.72. The largest absolute Gasteiger partial charge is 0.396 e. The minimum Gasteiger partial charge on any atom is -0.396 e. The molecule has 0 bridgehead atoms. The van der Waals surface area contributed by atoms with Crippen LogP contribution in [0.4, 0.5) is 0 Å². The van der Waals surface area contributed by atoms with Crippen molar-refractivity contribution in [3.05, 3.63) is 12.2 Å². The topological polar surface area (TPSA) is 32.3 Å². The molecule has 0 heterocycles. The zero-order valence-electron chi connectivity index (χ0n) is 11.1. The van der Waals surface area contributed by atoms with Crippen LogP contribution in [0.1, 0.15) is 45.4 Å². The highest BCUT2D eigenvalue weighted by Gasteiger charge is 2.25. The summed E-state index contributed by atoms with van der Waals surface area (Å²) in [5.74, 6) is 2.21. The molecule has 2 aliphatic rings. The molecule has 2 aliphatic carbocycles. The molecule has 98 valence electrons. The Hall–Kier alpha value is -0.340. The van der Waals surface area contributed by atoms with Gasteiger partial charge in [0.1, 0.15) is 0 Å². The maximum atomic E-state index is 9.10. The SMILES string of the molecule is CCC1CCCCC1CN[C@@H]1C=C[C@H](CO)C1. The molecule has 2 nitrogen and oxygen atoms in total. The summed E-state index contributed by atoms with van der Waals surface area (Å²) in [6.07, 6.45) is 12.5. The Morgan fingerprint density at radius 2 is 1.94 bits per heavy atom. The first-order valence-corrected chi connectivity index (χ1v) is 7.36. The van der Waals surface area contributed by atoms with Gasteiger partial charge in [0, 0.05) is 18.6 Å². The van der Waals surface area contributed by atoms with Crippen molar-refractivity contribution >= 4 is 0 Å². The summed E-state index contributed by atoms with van der Waals surface area (Å²) in [7, 11) is 0. The number of hydrogen-bond donors (Lipinski definition) is 2. The molecule has 0 spiro atoms. The second-order valence-corrected chi connectivity index (χ2v) is 5.79. The van der Waals surface area contributed by atoms with Gasteiger partial charge < -0.3 is 10.4 Å². The van der Waals surface area contributed by atoms with E-state index in [0.29, 0.717) is 18.6 Å². The van der Waals surface area contributed by atoms with E-state index < -0.39 is 0 Å². The first-order valence-electron chi connectivity index (χ1n) is 7.36. The van der Waals surface area contributed by atoms with Crippen LogP contribution in [-0.4, -0.2) is 24.3 Å². The van der Waals surface area contributed by atoms with Gasteiger partial charge in [-0.15, -0.1) is 0 Å². The molecule has 0 amide bonds. The molecule has 0 radical (unpaired) electrons. The number of hydrogen-bond acceptors (Lipinski definition) is 2. The Morgan fingerprint density at radius 3 is 2.59 bits per heavy atom. The lowest BCUT2D eigenvalue weighted by Crippen LogP contribution is -2.35. The van der Waals surface area contributed by atoms with Crippen LogP contribution in [0.2, 0.25) is 0 Å². The van der Waals surface area contributed by atoms with Gasteiger partial charge in [0.25, 0.3) is 0 Å². The molecule has 1 saturated carbocycles. The van der Waals surface area contributed by atoms with Gasteiger partial charge in [-0.2, -0.15) is 0 Å². The number of rotatable bonds is 5. The van der Waals surface area contributed by atoms with Gasteiger partial charge in [0.2, 0.25) is 0 Å². The van der Waals surface area contributed by atoms with Crippen molar-refractivity contribution in [2.75, 3.05) is 13.2 Å².